The first-order valence-electron chi connectivity index (χ1n) is 6.89. The van der Waals surface area contributed by atoms with Crippen molar-refractivity contribution >= 4 is 23.2 Å². The fourth-order valence-electron chi connectivity index (χ4n) is 1.88. The monoisotopic (exact) mass is 318 g/mol. The Labute approximate surface area is 133 Å². The molecule has 0 aliphatic rings. The molecule has 2 amide bonds. The van der Waals surface area contributed by atoms with Crippen molar-refractivity contribution in [1.82, 2.24) is 10.6 Å². The van der Waals surface area contributed by atoms with E-state index in [4.69, 9.17) is 4.74 Å². The first kappa shape index (κ1) is 16.0. The van der Waals surface area contributed by atoms with Gasteiger partial charge >= 0.3 is 11.8 Å². The summed E-state index contributed by atoms with van der Waals surface area (Å²) in [6, 6.07) is 9.33. The lowest BCUT2D eigenvalue weighted by Crippen LogP contribution is -2.40. The number of nitrogens with one attached hydrogen (secondary N) is 2. The maximum absolute atomic E-state index is 11.7. The molecular formula is C16H18N2O3S. The summed E-state index contributed by atoms with van der Waals surface area (Å²) in [6.07, 6.45) is 0.721. The van der Waals surface area contributed by atoms with Crippen LogP contribution < -0.4 is 15.4 Å². The van der Waals surface area contributed by atoms with Crippen molar-refractivity contribution in [2.75, 3.05) is 13.7 Å². The second-order valence-corrected chi connectivity index (χ2v) is 5.45. The Morgan fingerprint density at radius 1 is 1.14 bits per heavy atom. The van der Waals surface area contributed by atoms with Crippen molar-refractivity contribution in [1.29, 1.82) is 0 Å². The third-order valence-corrected chi connectivity index (χ3v) is 3.80. The molecule has 22 heavy (non-hydrogen) atoms. The van der Waals surface area contributed by atoms with Crippen LogP contribution in [-0.2, 0) is 22.6 Å². The number of hydrogen-bond acceptors (Lipinski definition) is 4. The van der Waals surface area contributed by atoms with Gasteiger partial charge in [0.25, 0.3) is 0 Å². The van der Waals surface area contributed by atoms with E-state index in [1.54, 1.807) is 18.4 Å². The molecule has 116 valence electrons. The number of ether oxygens (including phenoxy) is 1. The Bertz CT molecular complexity index is 626. The lowest BCUT2D eigenvalue weighted by Gasteiger charge is -2.07. The molecule has 0 saturated heterocycles. The Kier molecular flexibility index (Phi) is 5.97. The van der Waals surface area contributed by atoms with Gasteiger partial charge in [0.1, 0.15) is 5.75 Å². The molecule has 2 rings (SSSR count). The third kappa shape index (κ3) is 4.89. The zero-order valence-electron chi connectivity index (χ0n) is 12.3. The number of methoxy groups -OCH3 is 1. The lowest BCUT2D eigenvalue weighted by molar-refractivity contribution is -0.139. The maximum atomic E-state index is 11.7. The molecule has 0 atom stereocenters. The fourth-order valence-corrected chi connectivity index (χ4v) is 2.58. The summed E-state index contributed by atoms with van der Waals surface area (Å²) in [4.78, 5) is 23.4. The molecule has 0 spiro atoms. The van der Waals surface area contributed by atoms with Crippen LogP contribution in [0.5, 0.6) is 5.75 Å². The first-order valence-corrected chi connectivity index (χ1v) is 7.83. The maximum Gasteiger partial charge on any atom is 0.309 e. The van der Waals surface area contributed by atoms with Gasteiger partial charge in [-0.05, 0) is 46.5 Å². The Morgan fingerprint density at radius 3 is 2.68 bits per heavy atom. The second-order valence-electron chi connectivity index (χ2n) is 4.67. The highest BCUT2D eigenvalue weighted by Crippen LogP contribution is 2.12. The molecule has 6 heteroatoms. The highest BCUT2D eigenvalue weighted by molar-refractivity contribution is 7.07. The largest absolute Gasteiger partial charge is 0.497 e. The quantitative estimate of drug-likeness (QED) is 0.797. The van der Waals surface area contributed by atoms with Crippen LogP contribution >= 0.6 is 11.3 Å². The molecule has 1 aromatic carbocycles. The van der Waals surface area contributed by atoms with E-state index >= 15 is 0 Å². The number of amides is 2. The molecule has 0 unspecified atom stereocenters. The number of carbonyl (C=O) groups excluding carboxylic acids is 2. The molecule has 0 radical (unpaired) electrons. The van der Waals surface area contributed by atoms with E-state index in [0.717, 1.165) is 17.5 Å². The predicted octanol–water partition coefficient (Wildman–Crippen LogP) is 1.73. The predicted molar refractivity (Wildman–Crippen MR) is 85.9 cm³/mol. The van der Waals surface area contributed by atoms with Crippen LogP contribution in [0.25, 0.3) is 0 Å². The molecule has 0 bridgehead atoms. The van der Waals surface area contributed by atoms with E-state index in [1.807, 2.05) is 41.1 Å². The van der Waals surface area contributed by atoms with E-state index in [-0.39, 0.29) is 6.54 Å². The Morgan fingerprint density at radius 2 is 1.95 bits per heavy atom. The van der Waals surface area contributed by atoms with Gasteiger partial charge in [0.05, 0.1) is 7.11 Å². The molecular weight excluding hydrogens is 300 g/mol. The summed E-state index contributed by atoms with van der Waals surface area (Å²) >= 11 is 1.61. The molecule has 0 aliphatic heterocycles. The second kappa shape index (κ2) is 8.19. The van der Waals surface area contributed by atoms with Gasteiger partial charge in [-0.15, -0.1) is 0 Å². The standard InChI is InChI=1S/C16H18N2O3S/c1-21-14-4-2-3-13(9-14)10-18-16(20)15(19)17-7-5-12-6-8-22-11-12/h2-4,6,8-9,11H,5,7,10H2,1H3,(H,17,19)(H,18,20). The van der Waals surface area contributed by atoms with E-state index in [2.05, 4.69) is 10.6 Å². The van der Waals surface area contributed by atoms with Gasteiger partial charge in [0.2, 0.25) is 0 Å². The number of benzene rings is 1. The summed E-state index contributed by atoms with van der Waals surface area (Å²) in [7, 11) is 1.58. The average molecular weight is 318 g/mol. The normalized spacial score (nSPS) is 10.0. The Hall–Kier alpha value is -2.34. The van der Waals surface area contributed by atoms with Gasteiger partial charge < -0.3 is 15.4 Å². The number of carbonyl (C=O) groups is 2. The number of hydrogen-bond donors (Lipinski definition) is 2. The SMILES string of the molecule is COc1cccc(CNC(=O)C(=O)NCCc2ccsc2)c1. The minimum atomic E-state index is -0.631. The van der Waals surface area contributed by atoms with Gasteiger partial charge in [-0.25, -0.2) is 0 Å². The number of rotatable bonds is 6. The van der Waals surface area contributed by atoms with Crippen molar-refractivity contribution in [3.8, 4) is 5.75 Å². The van der Waals surface area contributed by atoms with Crippen molar-refractivity contribution in [2.45, 2.75) is 13.0 Å². The highest BCUT2D eigenvalue weighted by atomic mass is 32.1. The van der Waals surface area contributed by atoms with Gasteiger partial charge in [-0.1, -0.05) is 12.1 Å². The average Bonchev–Trinajstić information content (AvgIpc) is 3.06. The minimum Gasteiger partial charge on any atom is -0.497 e. The van der Waals surface area contributed by atoms with Crippen LogP contribution in [0.2, 0.25) is 0 Å². The fraction of sp³-hybridized carbons (Fsp3) is 0.250. The molecule has 2 aromatic rings. The third-order valence-electron chi connectivity index (χ3n) is 3.07. The van der Waals surface area contributed by atoms with Crippen molar-refractivity contribution in [3.05, 3.63) is 52.2 Å². The van der Waals surface area contributed by atoms with Crippen molar-refractivity contribution < 1.29 is 14.3 Å². The molecule has 5 nitrogen and oxygen atoms in total. The van der Waals surface area contributed by atoms with Gasteiger partial charge in [-0.3, -0.25) is 9.59 Å². The molecule has 0 saturated carbocycles. The number of thiophene rings is 1. The lowest BCUT2D eigenvalue weighted by atomic mass is 10.2. The van der Waals surface area contributed by atoms with Gasteiger partial charge in [-0.2, -0.15) is 11.3 Å². The van der Waals surface area contributed by atoms with E-state index in [0.29, 0.717) is 12.3 Å². The zero-order chi connectivity index (χ0) is 15.8. The molecule has 1 aromatic heterocycles. The van der Waals surface area contributed by atoms with E-state index in [1.165, 1.54) is 0 Å². The first-order chi connectivity index (χ1) is 10.7. The van der Waals surface area contributed by atoms with Crippen molar-refractivity contribution in [2.24, 2.45) is 0 Å². The minimum absolute atomic E-state index is 0.286. The molecule has 0 aliphatic carbocycles. The summed E-state index contributed by atoms with van der Waals surface area (Å²) in [5, 5.41) is 9.20. The van der Waals surface area contributed by atoms with Crippen LogP contribution in [0.3, 0.4) is 0 Å². The van der Waals surface area contributed by atoms with Crippen molar-refractivity contribution in [3.63, 3.8) is 0 Å². The topological polar surface area (TPSA) is 67.4 Å². The zero-order valence-corrected chi connectivity index (χ0v) is 13.1. The summed E-state index contributed by atoms with van der Waals surface area (Å²) in [5.41, 5.74) is 2.03. The summed E-state index contributed by atoms with van der Waals surface area (Å²) in [5.74, 6) is -0.529. The summed E-state index contributed by atoms with van der Waals surface area (Å²) < 4.78 is 5.11. The molecule has 2 N–H and O–H groups in total. The highest BCUT2D eigenvalue weighted by Gasteiger charge is 2.12. The van der Waals surface area contributed by atoms with Crippen LogP contribution in [0.1, 0.15) is 11.1 Å². The Balaban J connectivity index is 1.72. The van der Waals surface area contributed by atoms with Crippen LogP contribution in [0.15, 0.2) is 41.1 Å². The van der Waals surface area contributed by atoms with Gasteiger partial charge in [0, 0.05) is 13.1 Å². The van der Waals surface area contributed by atoms with Gasteiger partial charge in [0.15, 0.2) is 0 Å². The van der Waals surface area contributed by atoms with Crippen LogP contribution in [-0.4, -0.2) is 25.5 Å². The van der Waals surface area contributed by atoms with Crippen LogP contribution in [0.4, 0.5) is 0 Å². The molecule has 0 fully saturated rings. The molecule has 1 heterocycles. The van der Waals surface area contributed by atoms with E-state index in [9.17, 15) is 9.59 Å². The smallest absolute Gasteiger partial charge is 0.309 e. The van der Waals surface area contributed by atoms with E-state index < -0.39 is 11.8 Å². The summed E-state index contributed by atoms with van der Waals surface area (Å²) in [6.45, 7) is 0.732. The van der Waals surface area contributed by atoms with Crippen LogP contribution in [0, 0.1) is 0 Å².